The Balaban J connectivity index is 2.14. The molecule has 2 rings (SSSR count). The Morgan fingerprint density at radius 3 is 2.58 bits per heavy atom. The minimum absolute atomic E-state index is 0.391. The Hall–Kier alpha value is -1.06. The zero-order chi connectivity index (χ0) is 13.8. The maximum atomic E-state index is 5.77. The quantitative estimate of drug-likeness (QED) is 0.838. The molecule has 0 radical (unpaired) electrons. The predicted molar refractivity (Wildman–Crippen MR) is 82.0 cm³/mol. The van der Waals surface area contributed by atoms with Crippen LogP contribution in [0.2, 0.25) is 0 Å². The topological polar surface area (TPSA) is 25.2 Å². The standard InChI is InChI=1S/C16H23NOS/c1-5-17-15(7-6-14-8-9-19-10-14)16-11(2)12(3)18-13(16)4/h8-10,15,17H,5-7H2,1-4H3. The van der Waals surface area contributed by atoms with E-state index in [4.69, 9.17) is 4.42 Å². The van der Waals surface area contributed by atoms with Crippen LogP contribution in [0.15, 0.2) is 21.2 Å². The largest absolute Gasteiger partial charge is 0.466 e. The lowest BCUT2D eigenvalue weighted by molar-refractivity contribution is 0.474. The Labute approximate surface area is 119 Å². The summed E-state index contributed by atoms with van der Waals surface area (Å²) in [7, 11) is 0. The Morgan fingerprint density at radius 1 is 1.26 bits per heavy atom. The summed E-state index contributed by atoms with van der Waals surface area (Å²) in [6.07, 6.45) is 2.23. The van der Waals surface area contributed by atoms with Gasteiger partial charge >= 0.3 is 0 Å². The van der Waals surface area contributed by atoms with Crippen molar-refractivity contribution in [2.24, 2.45) is 0 Å². The van der Waals surface area contributed by atoms with E-state index >= 15 is 0 Å². The van der Waals surface area contributed by atoms with Crippen molar-refractivity contribution in [3.8, 4) is 0 Å². The van der Waals surface area contributed by atoms with Crippen molar-refractivity contribution in [1.82, 2.24) is 5.32 Å². The summed E-state index contributed by atoms with van der Waals surface area (Å²) in [5.74, 6) is 2.11. The number of aryl methyl sites for hydroxylation is 3. The highest BCUT2D eigenvalue weighted by Crippen LogP contribution is 2.30. The van der Waals surface area contributed by atoms with E-state index in [1.807, 2.05) is 6.92 Å². The van der Waals surface area contributed by atoms with Crippen molar-refractivity contribution < 1.29 is 4.42 Å². The highest BCUT2D eigenvalue weighted by Gasteiger charge is 2.20. The van der Waals surface area contributed by atoms with E-state index in [-0.39, 0.29) is 0 Å². The van der Waals surface area contributed by atoms with Gasteiger partial charge in [-0.1, -0.05) is 6.92 Å². The van der Waals surface area contributed by atoms with Crippen LogP contribution in [0.25, 0.3) is 0 Å². The minimum atomic E-state index is 0.391. The van der Waals surface area contributed by atoms with E-state index in [1.54, 1.807) is 11.3 Å². The molecule has 0 aliphatic rings. The molecule has 0 aliphatic carbocycles. The molecule has 2 nitrogen and oxygen atoms in total. The first kappa shape index (κ1) is 14.4. The molecule has 0 aromatic carbocycles. The Kier molecular flexibility index (Phi) is 4.83. The summed E-state index contributed by atoms with van der Waals surface area (Å²) < 4.78 is 5.77. The van der Waals surface area contributed by atoms with E-state index in [1.165, 1.54) is 16.7 Å². The monoisotopic (exact) mass is 277 g/mol. The molecule has 0 spiro atoms. The summed E-state index contributed by atoms with van der Waals surface area (Å²) >= 11 is 1.77. The zero-order valence-corrected chi connectivity index (χ0v) is 13.1. The van der Waals surface area contributed by atoms with Crippen molar-refractivity contribution in [3.05, 3.63) is 45.0 Å². The molecular weight excluding hydrogens is 254 g/mol. The van der Waals surface area contributed by atoms with Crippen LogP contribution in [0.4, 0.5) is 0 Å². The molecule has 0 saturated carbocycles. The molecule has 104 valence electrons. The molecule has 0 fully saturated rings. The fraction of sp³-hybridized carbons (Fsp3) is 0.500. The molecule has 2 heterocycles. The minimum Gasteiger partial charge on any atom is -0.466 e. The summed E-state index contributed by atoms with van der Waals surface area (Å²) in [5.41, 5.74) is 4.09. The van der Waals surface area contributed by atoms with Gasteiger partial charge in [0.2, 0.25) is 0 Å². The number of rotatable bonds is 6. The van der Waals surface area contributed by atoms with Gasteiger partial charge < -0.3 is 9.73 Å². The maximum absolute atomic E-state index is 5.77. The van der Waals surface area contributed by atoms with Crippen molar-refractivity contribution in [2.75, 3.05) is 6.54 Å². The number of thiophene rings is 1. The number of furan rings is 1. The van der Waals surface area contributed by atoms with Gasteiger partial charge in [-0.05, 0) is 68.1 Å². The first-order valence-electron chi connectivity index (χ1n) is 6.94. The molecule has 1 unspecified atom stereocenters. The third-order valence-corrected chi connectivity index (χ3v) is 4.45. The number of nitrogens with one attached hydrogen (secondary N) is 1. The van der Waals surface area contributed by atoms with E-state index < -0.39 is 0 Å². The third-order valence-electron chi connectivity index (χ3n) is 3.72. The smallest absolute Gasteiger partial charge is 0.106 e. The third kappa shape index (κ3) is 3.28. The Bertz CT molecular complexity index is 513. The Morgan fingerprint density at radius 2 is 2.05 bits per heavy atom. The van der Waals surface area contributed by atoms with E-state index in [0.717, 1.165) is 30.9 Å². The maximum Gasteiger partial charge on any atom is 0.106 e. The van der Waals surface area contributed by atoms with Gasteiger partial charge in [0.15, 0.2) is 0 Å². The van der Waals surface area contributed by atoms with Crippen molar-refractivity contribution in [3.63, 3.8) is 0 Å². The van der Waals surface area contributed by atoms with Crippen LogP contribution >= 0.6 is 11.3 Å². The van der Waals surface area contributed by atoms with Crippen LogP contribution in [0, 0.1) is 20.8 Å². The van der Waals surface area contributed by atoms with Crippen LogP contribution in [0.1, 0.15) is 47.6 Å². The highest BCUT2D eigenvalue weighted by atomic mass is 32.1. The lowest BCUT2D eigenvalue weighted by atomic mass is 9.96. The van der Waals surface area contributed by atoms with Crippen LogP contribution in [-0.2, 0) is 6.42 Å². The molecule has 2 aromatic rings. The average Bonchev–Trinajstić information content (AvgIpc) is 2.96. The second-order valence-electron chi connectivity index (χ2n) is 5.03. The van der Waals surface area contributed by atoms with Gasteiger partial charge in [0, 0.05) is 11.6 Å². The average molecular weight is 277 g/mol. The summed E-state index contributed by atoms with van der Waals surface area (Å²) in [6, 6.07) is 2.61. The fourth-order valence-corrected chi connectivity index (χ4v) is 3.37. The molecule has 0 saturated heterocycles. The fourth-order valence-electron chi connectivity index (χ4n) is 2.66. The summed E-state index contributed by atoms with van der Waals surface area (Å²) in [6.45, 7) is 9.43. The normalized spacial score (nSPS) is 12.8. The van der Waals surface area contributed by atoms with Gasteiger partial charge in [0.1, 0.15) is 11.5 Å². The van der Waals surface area contributed by atoms with Crippen molar-refractivity contribution in [2.45, 2.75) is 46.6 Å². The van der Waals surface area contributed by atoms with Crippen LogP contribution in [0.5, 0.6) is 0 Å². The predicted octanol–water partition coefficient (Wildman–Crippen LogP) is 4.55. The van der Waals surface area contributed by atoms with Crippen LogP contribution in [-0.4, -0.2) is 6.54 Å². The molecule has 19 heavy (non-hydrogen) atoms. The lowest BCUT2D eigenvalue weighted by Crippen LogP contribution is -2.22. The SMILES string of the molecule is CCNC(CCc1ccsc1)c1c(C)oc(C)c1C. The molecular formula is C16H23NOS. The first-order valence-corrected chi connectivity index (χ1v) is 7.88. The van der Waals surface area contributed by atoms with Gasteiger partial charge in [0.05, 0.1) is 0 Å². The number of hydrogen-bond donors (Lipinski definition) is 1. The van der Waals surface area contributed by atoms with Gasteiger partial charge in [-0.3, -0.25) is 0 Å². The molecule has 1 atom stereocenters. The van der Waals surface area contributed by atoms with E-state index in [0.29, 0.717) is 6.04 Å². The summed E-state index contributed by atoms with van der Waals surface area (Å²) in [4.78, 5) is 0. The van der Waals surface area contributed by atoms with Crippen LogP contribution in [0.3, 0.4) is 0 Å². The van der Waals surface area contributed by atoms with Crippen molar-refractivity contribution in [1.29, 1.82) is 0 Å². The molecule has 1 N–H and O–H groups in total. The van der Waals surface area contributed by atoms with E-state index in [9.17, 15) is 0 Å². The zero-order valence-electron chi connectivity index (χ0n) is 12.2. The van der Waals surface area contributed by atoms with E-state index in [2.05, 4.69) is 42.9 Å². The van der Waals surface area contributed by atoms with Gasteiger partial charge in [-0.25, -0.2) is 0 Å². The molecule has 0 amide bonds. The van der Waals surface area contributed by atoms with Gasteiger partial charge in [-0.15, -0.1) is 0 Å². The highest BCUT2D eigenvalue weighted by molar-refractivity contribution is 7.07. The molecule has 0 bridgehead atoms. The first-order chi connectivity index (χ1) is 9.13. The second kappa shape index (κ2) is 6.40. The van der Waals surface area contributed by atoms with Gasteiger partial charge in [-0.2, -0.15) is 11.3 Å². The molecule has 3 heteroatoms. The van der Waals surface area contributed by atoms with Crippen LogP contribution < -0.4 is 5.32 Å². The van der Waals surface area contributed by atoms with Gasteiger partial charge in [0.25, 0.3) is 0 Å². The summed E-state index contributed by atoms with van der Waals surface area (Å²) in [5, 5.41) is 7.99. The second-order valence-corrected chi connectivity index (χ2v) is 5.81. The number of hydrogen-bond acceptors (Lipinski definition) is 3. The van der Waals surface area contributed by atoms with Crippen molar-refractivity contribution >= 4 is 11.3 Å². The molecule has 0 aliphatic heterocycles. The molecule has 2 aromatic heterocycles. The lowest BCUT2D eigenvalue weighted by Gasteiger charge is -2.18.